The maximum absolute atomic E-state index is 14.0. The monoisotopic (exact) mass is 463 g/mol. The number of hydrogen-bond acceptors (Lipinski definition) is 6. The minimum Gasteiger partial charge on any atom is -0.448 e. The molecule has 2 aromatic carbocycles. The van der Waals surface area contributed by atoms with E-state index in [-0.39, 0.29) is 11.5 Å². The van der Waals surface area contributed by atoms with Crippen molar-refractivity contribution < 1.29 is 13.5 Å². The third-order valence-corrected chi connectivity index (χ3v) is 5.87. The molecule has 174 valence electrons. The number of rotatable bonds is 5. The standard InChI is InChI=1S/C25H23F2N5O2/c1-31-23-16(13-22(24(31)33)34-21-10-5-17(26)14-20(21)27)15-28-25(30-23)29-18-6-8-19(9-7-18)32-11-3-2-4-12-32/h5-10,13-15H,2-4,11-12H2,1H3,(H,28,29,30). The van der Waals surface area contributed by atoms with Crippen molar-refractivity contribution in [1.82, 2.24) is 14.5 Å². The highest BCUT2D eigenvalue weighted by atomic mass is 19.1. The summed E-state index contributed by atoms with van der Waals surface area (Å²) in [5, 5.41) is 3.70. The Labute approximate surface area is 194 Å². The number of aromatic nitrogens is 3. The molecule has 7 nitrogen and oxygen atoms in total. The number of pyridine rings is 1. The van der Waals surface area contributed by atoms with E-state index in [1.54, 1.807) is 13.2 Å². The Morgan fingerprint density at radius 1 is 0.971 bits per heavy atom. The lowest BCUT2D eigenvalue weighted by Gasteiger charge is -2.28. The van der Waals surface area contributed by atoms with Gasteiger partial charge in [-0.3, -0.25) is 9.36 Å². The maximum Gasteiger partial charge on any atom is 0.294 e. The van der Waals surface area contributed by atoms with Crippen LogP contribution < -0.4 is 20.5 Å². The Balaban J connectivity index is 1.38. The lowest BCUT2D eigenvalue weighted by molar-refractivity contribution is 0.430. The van der Waals surface area contributed by atoms with Crippen molar-refractivity contribution in [3.63, 3.8) is 0 Å². The largest absolute Gasteiger partial charge is 0.448 e. The first-order chi connectivity index (χ1) is 16.5. The van der Waals surface area contributed by atoms with E-state index in [2.05, 4.69) is 32.3 Å². The maximum atomic E-state index is 14.0. The number of piperidine rings is 1. The number of ether oxygens (including phenoxy) is 1. The van der Waals surface area contributed by atoms with E-state index >= 15 is 0 Å². The van der Waals surface area contributed by atoms with Crippen molar-refractivity contribution in [2.24, 2.45) is 7.05 Å². The van der Waals surface area contributed by atoms with Crippen LogP contribution >= 0.6 is 0 Å². The van der Waals surface area contributed by atoms with Gasteiger partial charge in [-0.2, -0.15) is 4.98 Å². The van der Waals surface area contributed by atoms with E-state index in [0.29, 0.717) is 23.0 Å². The number of nitrogens with zero attached hydrogens (tertiary/aromatic N) is 4. The number of aryl methyl sites for hydroxylation is 1. The second-order valence-electron chi connectivity index (χ2n) is 8.24. The van der Waals surface area contributed by atoms with Gasteiger partial charge >= 0.3 is 0 Å². The van der Waals surface area contributed by atoms with Crippen molar-refractivity contribution in [2.75, 3.05) is 23.3 Å². The third kappa shape index (κ3) is 4.41. The molecule has 1 fully saturated rings. The number of anilines is 3. The Morgan fingerprint density at radius 2 is 1.74 bits per heavy atom. The van der Waals surface area contributed by atoms with Crippen LogP contribution in [0.1, 0.15) is 19.3 Å². The number of halogens is 2. The Hall–Kier alpha value is -4.01. The van der Waals surface area contributed by atoms with Crippen LogP contribution in [0.2, 0.25) is 0 Å². The van der Waals surface area contributed by atoms with Crippen LogP contribution in [0, 0.1) is 11.6 Å². The van der Waals surface area contributed by atoms with Gasteiger partial charge in [0, 0.05) is 49.2 Å². The van der Waals surface area contributed by atoms with Gasteiger partial charge in [0.1, 0.15) is 11.5 Å². The van der Waals surface area contributed by atoms with Gasteiger partial charge in [-0.05, 0) is 61.7 Å². The molecular formula is C25H23F2N5O2. The molecule has 9 heteroatoms. The fourth-order valence-electron chi connectivity index (χ4n) is 4.06. The van der Waals surface area contributed by atoms with Crippen LogP contribution in [0.25, 0.3) is 11.0 Å². The normalized spacial score (nSPS) is 13.8. The van der Waals surface area contributed by atoms with E-state index in [4.69, 9.17) is 4.74 Å². The summed E-state index contributed by atoms with van der Waals surface area (Å²) < 4.78 is 33.8. The van der Waals surface area contributed by atoms with Gasteiger partial charge in [0.15, 0.2) is 17.3 Å². The summed E-state index contributed by atoms with van der Waals surface area (Å²) in [5.41, 5.74) is 1.90. The van der Waals surface area contributed by atoms with Crippen molar-refractivity contribution >= 4 is 28.4 Å². The first kappa shape index (κ1) is 21.8. The molecule has 0 radical (unpaired) electrons. The summed E-state index contributed by atoms with van der Waals surface area (Å²) >= 11 is 0. The van der Waals surface area contributed by atoms with Crippen LogP contribution in [0.3, 0.4) is 0 Å². The second kappa shape index (κ2) is 9.09. The molecule has 0 bridgehead atoms. The zero-order chi connectivity index (χ0) is 23.7. The third-order valence-electron chi connectivity index (χ3n) is 5.87. The van der Waals surface area contributed by atoms with E-state index in [1.165, 1.54) is 35.6 Å². The van der Waals surface area contributed by atoms with E-state index in [0.717, 1.165) is 30.9 Å². The van der Waals surface area contributed by atoms with Gasteiger partial charge in [-0.25, -0.2) is 13.8 Å². The smallest absolute Gasteiger partial charge is 0.294 e. The number of hydrogen-bond donors (Lipinski definition) is 1. The highest BCUT2D eigenvalue weighted by Gasteiger charge is 2.14. The molecule has 1 N–H and O–H groups in total. The molecule has 0 atom stereocenters. The van der Waals surface area contributed by atoms with Gasteiger partial charge in [0.25, 0.3) is 5.56 Å². The van der Waals surface area contributed by atoms with E-state index < -0.39 is 17.2 Å². The quantitative estimate of drug-likeness (QED) is 0.442. The van der Waals surface area contributed by atoms with Crippen LogP contribution in [-0.2, 0) is 7.05 Å². The van der Waals surface area contributed by atoms with Gasteiger partial charge in [-0.1, -0.05) is 0 Å². The zero-order valence-corrected chi connectivity index (χ0v) is 18.6. The SMILES string of the molecule is Cn1c(=O)c(Oc2ccc(F)cc2F)cc2cnc(Nc3ccc(N4CCCCC4)cc3)nc21. The molecule has 5 rings (SSSR count). The van der Waals surface area contributed by atoms with Crippen LogP contribution in [0.15, 0.2) is 59.5 Å². The molecule has 0 aliphatic carbocycles. The van der Waals surface area contributed by atoms with Crippen molar-refractivity contribution in [3.8, 4) is 11.5 Å². The van der Waals surface area contributed by atoms with Gasteiger partial charge in [-0.15, -0.1) is 0 Å². The first-order valence-corrected chi connectivity index (χ1v) is 11.1. The molecule has 34 heavy (non-hydrogen) atoms. The second-order valence-corrected chi connectivity index (χ2v) is 8.24. The van der Waals surface area contributed by atoms with Gasteiger partial charge < -0.3 is 15.0 Å². The highest BCUT2D eigenvalue weighted by Crippen LogP contribution is 2.26. The van der Waals surface area contributed by atoms with E-state index in [9.17, 15) is 13.6 Å². The fraction of sp³-hybridized carbons (Fsp3) is 0.240. The molecule has 1 saturated heterocycles. The summed E-state index contributed by atoms with van der Waals surface area (Å²) in [5.74, 6) is -1.65. The summed E-state index contributed by atoms with van der Waals surface area (Å²) in [7, 11) is 1.54. The molecule has 4 aromatic rings. The van der Waals surface area contributed by atoms with Crippen molar-refractivity contribution in [2.45, 2.75) is 19.3 Å². The molecule has 1 aliphatic rings. The number of fused-ring (bicyclic) bond motifs is 1. The molecule has 1 aliphatic heterocycles. The number of benzene rings is 2. The topological polar surface area (TPSA) is 72.3 Å². The fourth-order valence-corrected chi connectivity index (χ4v) is 4.06. The van der Waals surface area contributed by atoms with Crippen molar-refractivity contribution in [3.05, 3.63) is 76.7 Å². The molecule has 3 heterocycles. The first-order valence-electron chi connectivity index (χ1n) is 11.1. The summed E-state index contributed by atoms with van der Waals surface area (Å²) in [6.45, 7) is 2.15. The summed E-state index contributed by atoms with van der Waals surface area (Å²) in [4.78, 5) is 24.0. The Kier molecular flexibility index (Phi) is 5.83. The van der Waals surface area contributed by atoms with Crippen LogP contribution in [0.4, 0.5) is 26.1 Å². The molecule has 0 spiro atoms. The van der Waals surface area contributed by atoms with Gasteiger partial charge in [0.05, 0.1) is 0 Å². The molecule has 0 saturated carbocycles. The minimum absolute atomic E-state index is 0.113. The van der Waals surface area contributed by atoms with Crippen molar-refractivity contribution in [1.29, 1.82) is 0 Å². The summed E-state index contributed by atoms with van der Waals surface area (Å²) in [6.07, 6.45) is 5.28. The summed E-state index contributed by atoms with van der Waals surface area (Å²) in [6, 6.07) is 12.4. The predicted molar refractivity (Wildman–Crippen MR) is 127 cm³/mol. The van der Waals surface area contributed by atoms with Crippen LogP contribution in [-0.4, -0.2) is 27.6 Å². The average Bonchev–Trinajstić information content (AvgIpc) is 2.85. The Bertz CT molecular complexity index is 1400. The Morgan fingerprint density at radius 3 is 2.47 bits per heavy atom. The number of nitrogens with one attached hydrogen (secondary N) is 1. The predicted octanol–water partition coefficient (Wildman–Crippen LogP) is 5.13. The molecule has 2 aromatic heterocycles. The average molecular weight is 463 g/mol. The van der Waals surface area contributed by atoms with Crippen LogP contribution in [0.5, 0.6) is 11.5 Å². The molecule has 0 unspecified atom stereocenters. The highest BCUT2D eigenvalue weighted by molar-refractivity contribution is 5.77. The van der Waals surface area contributed by atoms with Gasteiger partial charge in [0.2, 0.25) is 5.95 Å². The minimum atomic E-state index is -0.899. The lowest BCUT2D eigenvalue weighted by Crippen LogP contribution is -2.29. The molecule has 0 amide bonds. The lowest BCUT2D eigenvalue weighted by atomic mass is 10.1. The zero-order valence-electron chi connectivity index (χ0n) is 18.6. The van der Waals surface area contributed by atoms with E-state index in [1.807, 2.05) is 12.1 Å². The molecular weight excluding hydrogens is 440 g/mol.